The number of nitrogens with zero attached hydrogens (tertiary/aromatic N) is 5. The highest BCUT2D eigenvalue weighted by Crippen LogP contribution is 2.29. The number of nitrogens with two attached hydrogens (primary N) is 2. The minimum absolute atomic E-state index is 0.0330. The first-order valence-corrected chi connectivity index (χ1v) is 46.0. The van der Waals surface area contributed by atoms with Crippen LogP contribution in [0.4, 0.5) is 17.6 Å². The maximum absolute atomic E-state index is 15.7. The van der Waals surface area contributed by atoms with Crippen molar-refractivity contribution in [3.05, 3.63) is 173 Å². The van der Waals surface area contributed by atoms with Gasteiger partial charge in [-0.3, -0.25) is 76.7 Å². The van der Waals surface area contributed by atoms with Crippen LogP contribution >= 0.6 is 11.8 Å². The zero-order valence-corrected chi connectivity index (χ0v) is 77.0. The highest BCUT2D eigenvalue weighted by molar-refractivity contribution is 8.00. The Bertz CT molecular complexity index is 5170. The minimum atomic E-state index is -1.91. The van der Waals surface area contributed by atoms with Crippen molar-refractivity contribution in [3.63, 3.8) is 0 Å². The monoisotopic (exact) mass is 1880 g/mol. The highest BCUT2D eigenvalue weighted by atomic mass is 32.2. The van der Waals surface area contributed by atoms with Gasteiger partial charge in [-0.25, -0.2) is 17.6 Å². The number of aliphatic carboxylic acids is 1. The number of hydrogen-bond acceptors (Lipinski definition) is 19. The van der Waals surface area contributed by atoms with Crippen LogP contribution in [0.2, 0.25) is 0 Å². The van der Waals surface area contributed by atoms with E-state index in [1.807, 2.05) is 6.92 Å². The number of amides is 15. The van der Waals surface area contributed by atoms with Crippen molar-refractivity contribution >= 4 is 117 Å². The molecule has 724 valence electrons. The molecule has 16 N–H and O–H groups in total. The number of para-hydroxylation sites is 1. The van der Waals surface area contributed by atoms with E-state index in [-0.39, 0.29) is 94.3 Å². The van der Waals surface area contributed by atoms with Crippen molar-refractivity contribution in [2.75, 3.05) is 58.8 Å². The number of halogens is 4. The first-order chi connectivity index (χ1) is 63.7. The molecule has 15 amide bonds. The smallest absolute Gasteiger partial charge is 0.303 e. The zero-order valence-electron chi connectivity index (χ0n) is 76.2. The third kappa shape index (κ3) is 29.0. The fourth-order valence-corrected chi connectivity index (χ4v) is 17.5. The number of carbonyl (C=O) groups excluding carboxylic acids is 15. The molecule has 0 spiro atoms. The SMILES string of the molecule is CCCC[C@H]1C(=O)N2CCC[C@@H]2C(=O)N[C@@H](CCN)C(=O)N[C@@H](C(C)C)C(=O)N(C)[C@@H](Cc2ccccc2)C(=O)N[C@@H](CCC(=O)O)C(=O)N2CCCC[C@@H]2C(=O)N[C@@H](Cc2c[nH]c3ccccc23)C(=O)N[C@@H](Cc2ccc(O)cc2)C(=O)N[C@@H](CC(C)C)C(=O)N[C@H](C(=O)NCC(N)=O)CSCC(=O)N[C@@H](Cc2cc(F)c(F)c(F)c2)C(=O)N(C)[C@@H](Cc2ccc(F)cc2)C(=O)N1C. The van der Waals surface area contributed by atoms with Crippen molar-refractivity contribution in [1.29, 1.82) is 0 Å². The van der Waals surface area contributed by atoms with Crippen LogP contribution in [0.25, 0.3) is 10.9 Å². The summed E-state index contributed by atoms with van der Waals surface area (Å²) in [4.78, 5) is 246. The van der Waals surface area contributed by atoms with E-state index in [2.05, 4.69) is 52.8 Å². The molecule has 4 heterocycles. The van der Waals surface area contributed by atoms with E-state index in [1.165, 1.54) is 60.3 Å². The van der Waals surface area contributed by atoms with E-state index in [9.17, 15) is 47.8 Å². The van der Waals surface area contributed by atoms with Gasteiger partial charge in [-0.15, -0.1) is 11.8 Å². The molecule has 3 aliphatic rings. The van der Waals surface area contributed by atoms with Crippen molar-refractivity contribution in [2.24, 2.45) is 23.3 Å². The quantitative estimate of drug-likeness (QED) is 0.0306. The number of carbonyl (C=O) groups is 16. The largest absolute Gasteiger partial charge is 0.508 e. The number of carboxylic acid groups (broad SMARTS) is 1. The lowest BCUT2D eigenvalue weighted by molar-refractivity contribution is -0.152. The maximum Gasteiger partial charge on any atom is 0.303 e. The van der Waals surface area contributed by atoms with Crippen LogP contribution in [0.15, 0.2) is 121 Å². The van der Waals surface area contributed by atoms with Crippen molar-refractivity contribution in [3.8, 4) is 5.75 Å². The van der Waals surface area contributed by atoms with Gasteiger partial charge in [0.05, 0.1) is 12.3 Å². The van der Waals surface area contributed by atoms with Gasteiger partial charge in [0.15, 0.2) is 17.5 Å². The Labute approximate surface area is 778 Å². The molecule has 3 fully saturated rings. The first-order valence-electron chi connectivity index (χ1n) is 44.9. The van der Waals surface area contributed by atoms with Gasteiger partial charge in [0, 0.05) is 95.6 Å². The average Bonchev–Trinajstić information content (AvgIpc) is 1.35. The zero-order chi connectivity index (χ0) is 97.9. The Morgan fingerprint density at radius 2 is 1.06 bits per heavy atom. The van der Waals surface area contributed by atoms with Gasteiger partial charge in [0.2, 0.25) is 88.6 Å². The fraction of sp³-hybridized carbons (Fsp3) is 0.489. The molecule has 0 aliphatic carbocycles. The van der Waals surface area contributed by atoms with Gasteiger partial charge in [-0.2, -0.15) is 0 Å². The number of H-pyrrole nitrogens is 1. The van der Waals surface area contributed by atoms with E-state index in [0.717, 1.165) is 33.9 Å². The van der Waals surface area contributed by atoms with E-state index in [1.54, 1.807) is 88.5 Å². The van der Waals surface area contributed by atoms with Crippen LogP contribution in [0, 0.1) is 35.1 Å². The van der Waals surface area contributed by atoms with Crippen molar-refractivity contribution < 1.29 is 104 Å². The number of aromatic hydroxyl groups is 1. The Morgan fingerprint density at radius 3 is 1.69 bits per heavy atom. The number of fused-ring (bicyclic) bond motifs is 3. The Morgan fingerprint density at radius 1 is 0.522 bits per heavy atom. The molecule has 1 aromatic heterocycles. The number of rotatable bonds is 24. The van der Waals surface area contributed by atoms with E-state index < -0.39 is 252 Å². The van der Waals surface area contributed by atoms with Crippen molar-refractivity contribution in [2.45, 2.75) is 222 Å². The molecule has 40 heteroatoms. The van der Waals surface area contributed by atoms with Gasteiger partial charge >= 0.3 is 5.97 Å². The predicted molar refractivity (Wildman–Crippen MR) is 487 cm³/mol. The summed E-state index contributed by atoms with van der Waals surface area (Å²) in [6.07, 6.45) is -0.562. The molecular formula is C94H121F4N17O18S. The molecule has 0 unspecified atom stereocenters. The third-order valence-corrected chi connectivity index (χ3v) is 25.1. The molecule has 6 aromatic rings. The molecular weight excluding hydrogens is 1760 g/mol. The number of unbranched alkanes of at least 4 members (excludes halogenated alkanes) is 1. The van der Waals surface area contributed by atoms with Crippen molar-refractivity contribution in [1.82, 2.24) is 77.3 Å². The first kappa shape index (κ1) is 105. The minimum Gasteiger partial charge on any atom is -0.508 e. The van der Waals surface area contributed by atoms with Crippen LogP contribution in [0.1, 0.15) is 139 Å². The number of hydrogen-bond donors (Lipinski definition) is 14. The predicted octanol–water partition coefficient (Wildman–Crippen LogP) is 3.13. The second-order valence-electron chi connectivity index (χ2n) is 34.9. The van der Waals surface area contributed by atoms with E-state index in [4.69, 9.17) is 11.5 Å². The number of thioether (sulfide) groups is 1. The Balaban J connectivity index is 1.14. The standard InChI is InChI=1S/C94H121F4N17O18S/c1-9-10-23-74-93(132)115-39-18-25-73(115)87(126)104-65(36-37-99)83(122)110-81(53(4)5)94(133)112(7)75(45-54-19-12-11-13-20-54)89(128)105-66(34-35-79(119)120)91(130)114-38-17-16-24-72(114)88(127)108-69(47-58-48-101-64-22-15-14-21-61(58)64)86(125)107-68(43-55-28-32-60(116)33-29-55)85(124)106-67(40-52(2)3)84(123)109-71(82(121)102-49-77(100)117)50-134-51-78(118)103-70(44-57-41-62(96)80(98)63(97)42-57)90(129)113(8)76(92(131)111(74)6)46-56-26-30-59(95)31-27-56/h11-15,19-22,26-33,41-42,48,52-53,65-76,81,101,116H,9-10,16-18,23-25,34-40,43-47,49-51,99H2,1-8H3,(H2,100,117)(H,102,121)(H,103,118)(H,104,126)(H,105,128)(H,106,124)(H,107,125)(H,108,127)(H,109,123)(H,110,122)(H,119,120)/t65-,66-,67-,68-,69-,70-,71-,72+,73+,74-,75-,76-,81-/m0/s1. The molecule has 0 bridgehead atoms. The normalized spacial score (nSPS) is 23.6. The number of carboxylic acids is 1. The second kappa shape index (κ2) is 49.6. The number of primary amides is 1. The number of nitrogens with one attached hydrogen (secondary N) is 10. The number of aromatic nitrogens is 1. The number of phenols is 1. The fourth-order valence-electron chi connectivity index (χ4n) is 16.7. The van der Waals surface area contributed by atoms with Crippen LogP contribution < -0.4 is 59.3 Å². The van der Waals surface area contributed by atoms with Gasteiger partial charge in [0.25, 0.3) is 0 Å². The molecule has 0 saturated carbocycles. The lowest BCUT2D eigenvalue weighted by Crippen LogP contribution is -2.63. The lowest BCUT2D eigenvalue weighted by Gasteiger charge is -2.38. The maximum atomic E-state index is 15.7. The topological polar surface area (TPSA) is 506 Å². The number of benzene rings is 5. The lowest BCUT2D eigenvalue weighted by atomic mass is 9.97. The Hall–Kier alpha value is -13.0. The summed E-state index contributed by atoms with van der Waals surface area (Å²) in [7, 11) is 3.72. The van der Waals surface area contributed by atoms with Crippen LogP contribution in [0.3, 0.4) is 0 Å². The summed E-state index contributed by atoms with van der Waals surface area (Å²) in [6.45, 7) is 7.23. The molecule has 3 aliphatic heterocycles. The number of likely N-dealkylation sites (N-methyl/N-ethyl adjacent to an activating group) is 3. The third-order valence-electron chi connectivity index (χ3n) is 24.1. The summed E-state index contributed by atoms with van der Waals surface area (Å²) < 4.78 is 59.8. The molecule has 0 radical (unpaired) electrons. The molecule has 134 heavy (non-hydrogen) atoms. The molecule has 9 rings (SSSR count). The summed E-state index contributed by atoms with van der Waals surface area (Å²) in [5.41, 5.74) is 13.4. The highest BCUT2D eigenvalue weighted by Gasteiger charge is 2.46. The van der Waals surface area contributed by atoms with Gasteiger partial charge in [0.1, 0.15) is 90.1 Å². The van der Waals surface area contributed by atoms with Gasteiger partial charge < -0.3 is 99.0 Å². The van der Waals surface area contributed by atoms with E-state index in [0.29, 0.717) is 77.2 Å². The van der Waals surface area contributed by atoms with Gasteiger partial charge in [-0.1, -0.05) is 120 Å². The summed E-state index contributed by atoms with van der Waals surface area (Å²) in [5, 5.41) is 45.2. The van der Waals surface area contributed by atoms with Crippen LogP contribution in [0.5, 0.6) is 5.75 Å². The second-order valence-corrected chi connectivity index (χ2v) is 35.9. The van der Waals surface area contributed by atoms with E-state index >= 15 is 56.7 Å². The molecule has 13 atom stereocenters. The summed E-state index contributed by atoms with van der Waals surface area (Å²) in [5.74, 6) is -24.2. The van der Waals surface area contributed by atoms with Crippen LogP contribution in [-0.4, -0.2) is 272 Å². The van der Waals surface area contributed by atoms with Gasteiger partial charge in [-0.05, 0) is 146 Å². The number of piperidine rings is 1. The molecule has 3 saturated heterocycles. The average molecular weight is 1890 g/mol. The summed E-state index contributed by atoms with van der Waals surface area (Å²) >= 11 is 0.657. The molecule has 5 aromatic carbocycles. The number of phenolic OH excluding ortho intramolecular Hbond substituents is 1. The Kier molecular flexibility index (Phi) is 38.8. The molecule has 35 nitrogen and oxygen atoms in total. The van der Waals surface area contributed by atoms with Crippen LogP contribution in [-0.2, 0) is 109 Å². The number of aromatic amines is 1. The summed E-state index contributed by atoms with van der Waals surface area (Å²) in [6, 6.07) is 6.35.